The summed E-state index contributed by atoms with van der Waals surface area (Å²) in [4.78, 5) is 0. The Hall–Kier alpha value is -2.00. The van der Waals surface area contributed by atoms with Crippen molar-refractivity contribution in [3.8, 4) is 11.3 Å². The smallest absolute Gasteiger partial charge is 0.113 e. The third kappa shape index (κ3) is 7.92. The molecule has 0 aliphatic rings. The molecule has 0 aliphatic heterocycles. The lowest BCUT2D eigenvalue weighted by Gasteiger charge is -2.07. The average Bonchev–Trinajstić information content (AvgIpc) is 3.12. The number of anilines is 1. The van der Waals surface area contributed by atoms with E-state index in [-0.39, 0.29) is 0 Å². The molecule has 144 valence electrons. The zero-order chi connectivity index (χ0) is 18.5. The zero-order valence-corrected chi connectivity index (χ0v) is 15.4. The lowest BCUT2D eigenvalue weighted by molar-refractivity contribution is 0.0133. The van der Waals surface area contributed by atoms with Gasteiger partial charge in [-0.1, -0.05) is 24.3 Å². The molecule has 0 saturated carbocycles. The van der Waals surface area contributed by atoms with Crippen LogP contribution in [0.2, 0.25) is 0 Å². The number of ether oxygens (including phenoxy) is 3. The van der Waals surface area contributed by atoms with Gasteiger partial charge in [-0.05, 0) is 18.7 Å². The van der Waals surface area contributed by atoms with Gasteiger partial charge in [0.15, 0.2) is 0 Å². The second-order valence-electron chi connectivity index (χ2n) is 5.68. The Morgan fingerprint density at radius 1 is 0.962 bits per heavy atom. The van der Waals surface area contributed by atoms with E-state index in [0.717, 1.165) is 30.0 Å². The molecule has 1 heterocycles. The van der Waals surface area contributed by atoms with E-state index in [9.17, 15) is 0 Å². The number of likely N-dealkylation sites (N-methyl/N-ethyl adjacent to an activating group) is 1. The maximum atomic E-state index is 5.69. The predicted octanol–water partition coefficient (Wildman–Crippen LogP) is 1.19. The summed E-state index contributed by atoms with van der Waals surface area (Å²) in [5.41, 5.74) is 8.24. The van der Waals surface area contributed by atoms with E-state index >= 15 is 0 Å². The Morgan fingerprint density at radius 3 is 2.31 bits per heavy atom. The van der Waals surface area contributed by atoms with Gasteiger partial charge in [0.25, 0.3) is 0 Å². The van der Waals surface area contributed by atoms with Gasteiger partial charge in [-0.15, -0.1) is 5.10 Å². The highest BCUT2D eigenvalue weighted by Gasteiger charge is 2.03. The number of hydrogen-bond acceptors (Lipinski definition) is 7. The summed E-state index contributed by atoms with van der Waals surface area (Å²) in [6, 6.07) is 7.57. The normalized spacial score (nSPS) is 11.1. The molecule has 0 unspecified atom stereocenters. The van der Waals surface area contributed by atoms with Crippen molar-refractivity contribution in [2.75, 3.05) is 58.5 Å². The minimum Gasteiger partial charge on any atom is -0.399 e. The Balaban J connectivity index is 1.48. The number of benzene rings is 1. The van der Waals surface area contributed by atoms with E-state index in [2.05, 4.69) is 22.6 Å². The minimum absolute atomic E-state index is 0.552. The molecule has 1 aromatic carbocycles. The van der Waals surface area contributed by atoms with E-state index in [0.29, 0.717) is 46.2 Å². The van der Waals surface area contributed by atoms with Crippen molar-refractivity contribution in [1.82, 2.24) is 20.3 Å². The molecule has 8 heteroatoms. The van der Waals surface area contributed by atoms with Crippen molar-refractivity contribution in [3.05, 3.63) is 30.5 Å². The second kappa shape index (κ2) is 12.4. The van der Waals surface area contributed by atoms with Gasteiger partial charge in [-0.25, -0.2) is 4.68 Å². The molecule has 26 heavy (non-hydrogen) atoms. The van der Waals surface area contributed by atoms with E-state index in [4.69, 9.17) is 19.9 Å². The van der Waals surface area contributed by atoms with Crippen molar-refractivity contribution in [3.63, 3.8) is 0 Å². The lowest BCUT2D eigenvalue weighted by atomic mass is 10.1. The van der Waals surface area contributed by atoms with Crippen molar-refractivity contribution in [1.29, 1.82) is 0 Å². The number of nitrogen functional groups attached to an aromatic ring is 1. The van der Waals surface area contributed by atoms with Crippen LogP contribution in [0.15, 0.2) is 30.5 Å². The zero-order valence-electron chi connectivity index (χ0n) is 15.4. The maximum absolute atomic E-state index is 5.69. The van der Waals surface area contributed by atoms with Gasteiger partial charge in [0.05, 0.1) is 52.4 Å². The van der Waals surface area contributed by atoms with Gasteiger partial charge in [0, 0.05) is 17.8 Å². The third-order valence-corrected chi connectivity index (χ3v) is 3.63. The highest BCUT2D eigenvalue weighted by Crippen LogP contribution is 2.17. The molecule has 0 bridgehead atoms. The van der Waals surface area contributed by atoms with E-state index < -0.39 is 0 Å². The Bertz CT molecular complexity index is 603. The molecule has 0 aliphatic carbocycles. The fourth-order valence-corrected chi connectivity index (χ4v) is 2.21. The van der Waals surface area contributed by atoms with E-state index in [1.165, 1.54) is 0 Å². The van der Waals surface area contributed by atoms with E-state index in [1.54, 1.807) is 4.68 Å². The largest absolute Gasteiger partial charge is 0.399 e. The Morgan fingerprint density at radius 2 is 1.62 bits per heavy atom. The third-order valence-electron chi connectivity index (χ3n) is 3.63. The summed E-state index contributed by atoms with van der Waals surface area (Å²) in [6.07, 6.45) is 1.90. The maximum Gasteiger partial charge on any atom is 0.113 e. The molecule has 0 amide bonds. The number of rotatable bonds is 14. The molecular weight excluding hydrogens is 334 g/mol. The molecule has 0 fully saturated rings. The van der Waals surface area contributed by atoms with Crippen LogP contribution in [0.25, 0.3) is 11.3 Å². The summed E-state index contributed by atoms with van der Waals surface area (Å²) >= 11 is 0. The summed E-state index contributed by atoms with van der Waals surface area (Å²) < 4.78 is 18.2. The monoisotopic (exact) mass is 363 g/mol. The number of nitrogens with one attached hydrogen (secondary N) is 1. The topological polar surface area (TPSA) is 96.5 Å². The molecule has 0 atom stereocenters. The average molecular weight is 363 g/mol. The van der Waals surface area contributed by atoms with Crippen molar-refractivity contribution in [2.24, 2.45) is 0 Å². The highest BCUT2D eigenvalue weighted by atomic mass is 16.5. The number of nitrogens with two attached hydrogens (primary N) is 1. The first-order valence-electron chi connectivity index (χ1n) is 8.99. The number of nitrogens with zero attached hydrogens (tertiary/aromatic N) is 3. The minimum atomic E-state index is 0.552. The molecule has 2 aromatic rings. The van der Waals surface area contributed by atoms with Gasteiger partial charge < -0.3 is 25.3 Å². The van der Waals surface area contributed by atoms with Crippen LogP contribution < -0.4 is 11.1 Å². The fraction of sp³-hybridized carbons (Fsp3) is 0.556. The Labute approximate surface area is 154 Å². The van der Waals surface area contributed by atoms with Crippen molar-refractivity contribution >= 4 is 5.69 Å². The van der Waals surface area contributed by atoms with Gasteiger partial charge in [0.2, 0.25) is 0 Å². The van der Waals surface area contributed by atoms with Crippen LogP contribution in [0.4, 0.5) is 5.69 Å². The quantitative estimate of drug-likeness (QED) is 0.384. The first kappa shape index (κ1) is 20.3. The molecule has 1 aromatic heterocycles. The van der Waals surface area contributed by atoms with Crippen LogP contribution in [-0.4, -0.2) is 67.7 Å². The van der Waals surface area contributed by atoms with Gasteiger partial charge in [0.1, 0.15) is 5.69 Å². The van der Waals surface area contributed by atoms with Crippen molar-refractivity contribution in [2.45, 2.75) is 13.5 Å². The first-order chi connectivity index (χ1) is 12.8. The van der Waals surface area contributed by atoms with Gasteiger partial charge >= 0.3 is 0 Å². The second-order valence-corrected chi connectivity index (χ2v) is 5.68. The molecule has 2 rings (SSSR count). The van der Waals surface area contributed by atoms with Crippen LogP contribution in [0.5, 0.6) is 0 Å². The lowest BCUT2D eigenvalue weighted by Crippen LogP contribution is -2.20. The molecule has 0 radical (unpaired) electrons. The SMILES string of the molecule is CCNCCOCCOCCOCCn1cc(-c2ccc(N)cc2)nn1. The molecule has 0 spiro atoms. The fourth-order valence-electron chi connectivity index (χ4n) is 2.21. The summed E-state index contributed by atoms with van der Waals surface area (Å²) in [5, 5.41) is 11.5. The number of aromatic nitrogens is 3. The van der Waals surface area contributed by atoms with Crippen molar-refractivity contribution < 1.29 is 14.2 Å². The van der Waals surface area contributed by atoms with Crippen LogP contribution >= 0.6 is 0 Å². The van der Waals surface area contributed by atoms with Crippen LogP contribution in [0, 0.1) is 0 Å². The molecular formula is C18H29N5O3. The van der Waals surface area contributed by atoms with Crippen LogP contribution in [0.3, 0.4) is 0 Å². The number of hydrogen-bond donors (Lipinski definition) is 2. The summed E-state index contributed by atoms with van der Waals surface area (Å²) in [5.74, 6) is 0. The van der Waals surface area contributed by atoms with Gasteiger partial charge in [-0.3, -0.25) is 0 Å². The van der Waals surface area contributed by atoms with Crippen LogP contribution in [0.1, 0.15) is 6.92 Å². The summed E-state index contributed by atoms with van der Waals surface area (Å²) in [7, 11) is 0. The first-order valence-corrected chi connectivity index (χ1v) is 8.99. The predicted molar refractivity (Wildman–Crippen MR) is 101 cm³/mol. The van der Waals surface area contributed by atoms with Crippen LogP contribution in [-0.2, 0) is 20.8 Å². The summed E-state index contributed by atoms with van der Waals surface area (Å²) in [6.45, 7) is 8.15. The Kier molecular flexibility index (Phi) is 9.66. The van der Waals surface area contributed by atoms with Gasteiger partial charge in [-0.2, -0.15) is 0 Å². The molecule has 8 nitrogen and oxygen atoms in total. The molecule has 3 N–H and O–H groups in total. The highest BCUT2D eigenvalue weighted by molar-refractivity contribution is 5.60. The van der Waals surface area contributed by atoms with E-state index in [1.807, 2.05) is 30.5 Å². The standard InChI is InChI=1S/C18H29N5O3/c1-2-20-7-9-24-11-13-26-14-12-25-10-8-23-15-18(21-22-23)16-3-5-17(19)6-4-16/h3-6,15,20H,2,7-14,19H2,1H3. The molecule has 0 saturated heterocycles.